The van der Waals surface area contributed by atoms with Crippen LogP contribution in [0.5, 0.6) is 0 Å². The molecule has 0 aliphatic heterocycles. The van der Waals surface area contributed by atoms with Gasteiger partial charge in [0.15, 0.2) is 0 Å². The van der Waals surface area contributed by atoms with Crippen molar-refractivity contribution in [1.29, 1.82) is 0 Å². The molecular weight excluding hydrogens is 236 g/mol. The second kappa shape index (κ2) is 7.51. The van der Waals surface area contributed by atoms with Gasteiger partial charge in [0.25, 0.3) is 0 Å². The summed E-state index contributed by atoms with van der Waals surface area (Å²) in [6.07, 6.45) is 0.931. The second-order valence-electron chi connectivity index (χ2n) is 5.39. The Hall–Kier alpha value is -1.06. The second-order valence-corrected chi connectivity index (χ2v) is 5.39. The van der Waals surface area contributed by atoms with E-state index in [1.165, 1.54) is 16.8 Å². The van der Waals surface area contributed by atoms with E-state index in [1.807, 2.05) is 6.92 Å². The van der Waals surface area contributed by atoms with Crippen LogP contribution >= 0.6 is 0 Å². The Balaban J connectivity index is 2.93. The highest BCUT2D eigenvalue weighted by atomic mass is 16.5. The molecule has 0 bridgehead atoms. The maximum Gasteiger partial charge on any atom is 0.0663 e. The fourth-order valence-electron chi connectivity index (χ4n) is 2.59. The van der Waals surface area contributed by atoms with Crippen LogP contribution in [0.1, 0.15) is 31.9 Å². The first kappa shape index (κ1) is 16.0. The molecule has 19 heavy (non-hydrogen) atoms. The zero-order chi connectivity index (χ0) is 14.4. The van der Waals surface area contributed by atoms with Gasteiger partial charge >= 0.3 is 0 Å². The lowest BCUT2D eigenvalue weighted by molar-refractivity contribution is 0.182. The molecule has 0 radical (unpaired) electrons. The van der Waals surface area contributed by atoms with Crippen LogP contribution in [0, 0.1) is 6.92 Å². The molecule has 3 nitrogen and oxygen atoms in total. The Kier molecular flexibility index (Phi) is 6.32. The fourth-order valence-corrected chi connectivity index (χ4v) is 2.59. The van der Waals surface area contributed by atoms with Gasteiger partial charge in [0.05, 0.1) is 6.61 Å². The van der Waals surface area contributed by atoms with Crippen LogP contribution in [0.15, 0.2) is 18.2 Å². The third-order valence-corrected chi connectivity index (χ3v) is 3.41. The van der Waals surface area contributed by atoms with E-state index in [1.54, 1.807) is 7.11 Å². The molecule has 0 saturated heterocycles. The maximum absolute atomic E-state index is 5.86. The number of benzene rings is 1. The van der Waals surface area contributed by atoms with Gasteiger partial charge in [-0.2, -0.15) is 0 Å². The Morgan fingerprint density at radius 3 is 2.47 bits per heavy atom. The number of anilines is 1. The van der Waals surface area contributed by atoms with E-state index < -0.39 is 0 Å². The minimum absolute atomic E-state index is 0.208. The molecule has 2 atom stereocenters. The third kappa shape index (κ3) is 4.51. The topological polar surface area (TPSA) is 38.5 Å². The minimum Gasteiger partial charge on any atom is -0.383 e. The lowest BCUT2D eigenvalue weighted by atomic mass is 10.0. The van der Waals surface area contributed by atoms with Crippen molar-refractivity contribution >= 4 is 5.69 Å². The number of nitrogens with two attached hydrogens (primary N) is 1. The summed E-state index contributed by atoms with van der Waals surface area (Å²) in [7, 11) is 1.75. The molecular formula is C16H28N2O. The molecule has 108 valence electrons. The number of ether oxygens (including phenoxy) is 1. The number of rotatable bonds is 7. The van der Waals surface area contributed by atoms with E-state index in [-0.39, 0.29) is 6.04 Å². The first-order valence-corrected chi connectivity index (χ1v) is 7.10. The van der Waals surface area contributed by atoms with Crippen LogP contribution in [0.2, 0.25) is 0 Å². The highest BCUT2D eigenvalue weighted by molar-refractivity contribution is 5.55. The quantitative estimate of drug-likeness (QED) is 0.823. The van der Waals surface area contributed by atoms with E-state index in [2.05, 4.69) is 43.9 Å². The van der Waals surface area contributed by atoms with Crippen molar-refractivity contribution in [2.45, 2.75) is 46.2 Å². The normalized spacial score (nSPS) is 14.2. The van der Waals surface area contributed by atoms with Crippen molar-refractivity contribution in [3.05, 3.63) is 29.3 Å². The molecule has 0 aliphatic rings. The molecule has 3 heteroatoms. The first-order chi connectivity index (χ1) is 8.99. The summed E-state index contributed by atoms with van der Waals surface area (Å²) < 4.78 is 5.27. The fraction of sp³-hybridized carbons (Fsp3) is 0.625. The predicted molar refractivity (Wildman–Crippen MR) is 82.9 cm³/mol. The number of likely N-dealkylation sites (N-methyl/N-ethyl adjacent to an activating group) is 1. The average molecular weight is 264 g/mol. The molecule has 0 heterocycles. The number of hydrogen-bond donors (Lipinski definition) is 1. The molecule has 0 amide bonds. The van der Waals surface area contributed by atoms with Gasteiger partial charge in [0, 0.05) is 31.4 Å². The monoisotopic (exact) mass is 264 g/mol. The summed E-state index contributed by atoms with van der Waals surface area (Å²) in [5.74, 6) is 0. The lowest BCUT2D eigenvalue weighted by Gasteiger charge is -2.31. The van der Waals surface area contributed by atoms with Crippen LogP contribution in [0.25, 0.3) is 0 Å². The number of hydrogen-bond acceptors (Lipinski definition) is 3. The molecule has 2 N–H and O–H groups in total. The standard InChI is InChI=1S/C16H28N2O/c1-6-18(14(4)11-19-5)16-8-7-15(9-12(16)2)10-13(3)17/h7-9,13-14H,6,10-11,17H2,1-5H3. The van der Waals surface area contributed by atoms with Gasteiger partial charge in [-0.05, 0) is 51.3 Å². The Morgan fingerprint density at radius 1 is 1.32 bits per heavy atom. The van der Waals surface area contributed by atoms with Crippen LogP contribution < -0.4 is 10.6 Å². The zero-order valence-corrected chi connectivity index (χ0v) is 12.9. The average Bonchev–Trinajstić information content (AvgIpc) is 2.32. The summed E-state index contributed by atoms with van der Waals surface area (Å²) in [5, 5.41) is 0. The van der Waals surface area contributed by atoms with Gasteiger partial charge in [-0.15, -0.1) is 0 Å². The van der Waals surface area contributed by atoms with Crippen LogP contribution in [0.4, 0.5) is 5.69 Å². The van der Waals surface area contributed by atoms with Gasteiger partial charge in [0.2, 0.25) is 0 Å². The molecule has 0 aliphatic carbocycles. The number of nitrogens with zero attached hydrogens (tertiary/aromatic N) is 1. The predicted octanol–water partition coefficient (Wildman–Crippen LogP) is 2.75. The molecule has 0 saturated carbocycles. The van der Waals surface area contributed by atoms with Crippen molar-refractivity contribution in [1.82, 2.24) is 0 Å². The maximum atomic E-state index is 5.86. The summed E-state index contributed by atoms with van der Waals surface area (Å²) in [5.41, 5.74) is 9.77. The van der Waals surface area contributed by atoms with E-state index in [4.69, 9.17) is 10.5 Å². The van der Waals surface area contributed by atoms with Gasteiger partial charge < -0.3 is 15.4 Å². The Morgan fingerprint density at radius 2 is 2.00 bits per heavy atom. The van der Waals surface area contributed by atoms with Crippen molar-refractivity contribution in [3.8, 4) is 0 Å². The lowest BCUT2D eigenvalue weighted by Crippen LogP contribution is -2.36. The van der Waals surface area contributed by atoms with Crippen molar-refractivity contribution < 1.29 is 4.74 Å². The van der Waals surface area contributed by atoms with Crippen molar-refractivity contribution in [2.24, 2.45) is 5.73 Å². The summed E-state index contributed by atoms with van der Waals surface area (Å²) in [6.45, 7) is 10.3. The molecule has 2 unspecified atom stereocenters. The molecule has 1 aromatic rings. The molecule has 1 aromatic carbocycles. The number of methoxy groups -OCH3 is 1. The Labute approximate surface area is 117 Å². The van der Waals surface area contributed by atoms with Crippen molar-refractivity contribution in [2.75, 3.05) is 25.2 Å². The highest BCUT2D eigenvalue weighted by Crippen LogP contribution is 2.23. The molecule has 0 fully saturated rings. The summed E-state index contributed by atoms with van der Waals surface area (Å²) in [4.78, 5) is 2.38. The molecule has 0 spiro atoms. The minimum atomic E-state index is 0.208. The van der Waals surface area contributed by atoms with Crippen LogP contribution in [-0.4, -0.2) is 32.3 Å². The third-order valence-electron chi connectivity index (χ3n) is 3.41. The SMILES string of the molecule is CCN(c1ccc(CC(C)N)cc1C)C(C)COC. The van der Waals surface area contributed by atoms with Gasteiger partial charge in [-0.3, -0.25) is 0 Å². The molecule has 1 rings (SSSR count). The largest absolute Gasteiger partial charge is 0.383 e. The van der Waals surface area contributed by atoms with E-state index >= 15 is 0 Å². The summed E-state index contributed by atoms with van der Waals surface area (Å²) in [6, 6.07) is 7.24. The van der Waals surface area contributed by atoms with Gasteiger partial charge in [0.1, 0.15) is 0 Å². The van der Waals surface area contributed by atoms with Gasteiger partial charge in [-0.1, -0.05) is 12.1 Å². The van der Waals surface area contributed by atoms with Crippen LogP contribution in [0.3, 0.4) is 0 Å². The van der Waals surface area contributed by atoms with E-state index in [9.17, 15) is 0 Å². The van der Waals surface area contributed by atoms with Crippen molar-refractivity contribution in [3.63, 3.8) is 0 Å². The number of aryl methyl sites for hydroxylation is 1. The van der Waals surface area contributed by atoms with Crippen LogP contribution in [-0.2, 0) is 11.2 Å². The van der Waals surface area contributed by atoms with Gasteiger partial charge in [-0.25, -0.2) is 0 Å². The first-order valence-electron chi connectivity index (χ1n) is 7.10. The highest BCUT2D eigenvalue weighted by Gasteiger charge is 2.14. The van der Waals surface area contributed by atoms with E-state index in [0.29, 0.717) is 6.04 Å². The summed E-state index contributed by atoms with van der Waals surface area (Å²) >= 11 is 0. The zero-order valence-electron chi connectivity index (χ0n) is 12.9. The molecule has 0 aromatic heterocycles. The smallest absolute Gasteiger partial charge is 0.0663 e. The Bertz CT molecular complexity index is 390. The van der Waals surface area contributed by atoms with E-state index in [0.717, 1.165) is 19.6 Å².